The van der Waals surface area contributed by atoms with Crippen molar-refractivity contribution in [1.82, 2.24) is 24.8 Å². The molecule has 2 unspecified atom stereocenters. The first-order chi connectivity index (χ1) is 18.9. The Balaban J connectivity index is 1.29. The lowest BCUT2D eigenvalue weighted by Gasteiger charge is -2.47. The maximum absolute atomic E-state index is 11.9. The second-order valence-electron chi connectivity index (χ2n) is 11.1. The summed E-state index contributed by atoms with van der Waals surface area (Å²) in [5, 5.41) is 28.2. The second kappa shape index (κ2) is 10.4. The van der Waals surface area contributed by atoms with E-state index < -0.39 is 0 Å². The molecule has 10 heteroatoms. The number of ketones is 1. The van der Waals surface area contributed by atoms with Crippen molar-refractivity contribution in [2.75, 3.05) is 23.3 Å². The predicted octanol–water partition coefficient (Wildman–Crippen LogP) is 5.44. The van der Waals surface area contributed by atoms with Gasteiger partial charge in [0, 0.05) is 37.4 Å². The van der Waals surface area contributed by atoms with Gasteiger partial charge in [-0.15, -0.1) is 10.2 Å². The Bertz CT molecular complexity index is 1550. The van der Waals surface area contributed by atoms with Crippen molar-refractivity contribution in [2.24, 2.45) is 17.8 Å². The number of fused-ring (bicyclic) bond motifs is 3. The summed E-state index contributed by atoms with van der Waals surface area (Å²) in [6, 6.07) is 10.1. The van der Waals surface area contributed by atoms with Gasteiger partial charge in [-0.1, -0.05) is 17.8 Å². The van der Waals surface area contributed by atoms with Crippen LogP contribution in [0.15, 0.2) is 36.7 Å². The number of nitriles is 1. The highest BCUT2D eigenvalue weighted by Crippen LogP contribution is 2.44. The van der Waals surface area contributed by atoms with Crippen LogP contribution in [0.25, 0.3) is 27.5 Å². The Kier molecular flexibility index (Phi) is 6.77. The molecule has 2 atom stereocenters. The van der Waals surface area contributed by atoms with Crippen LogP contribution in [-0.2, 0) is 4.79 Å². The molecule has 0 amide bonds. The molecule has 1 aliphatic heterocycles. The third-order valence-electron chi connectivity index (χ3n) is 7.95. The molecule has 2 bridgehead atoms. The molecule has 1 saturated carbocycles. The third kappa shape index (κ3) is 4.99. The highest BCUT2D eigenvalue weighted by atomic mass is 32.1. The number of nitrogens with zero attached hydrogens (tertiary/aromatic N) is 7. The van der Waals surface area contributed by atoms with Gasteiger partial charge in [0.2, 0.25) is 5.13 Å². The van der Waals surface area contributed by atoms with Crippen LogP contribution in [0.3, 0.4) is 0 Å². The summed E-state index contributed by atoms with van der Waals surface area (Å²) in [6.45, 7) is 7.83. The quantitative estimate of drug-likeness (QED) is 0.330. The normalized spacial score (nSPS) is 20.8. The van der Waals surface area contributed by atoms with Gasteiger partial charge < -0.3 is 15.0 Å². The SMILES string of the molecule is CC(=O)CC1C2CCCC1CN(c1nnc(-c3cnc(-c4ccc5cc(C#N)cnn45)cc3NC(C)C)s1)C2. The summed E-state index contributed by atoms with van der Waals surface area (Å²) in [5.74, 6) is 1.90. The summed E-state index contributed by atoms with van der Waals surface area (Å²) >= 11 is 1.61. The molecule has 1 saturated heterocycles. The Hall–Kier alpha value is -3.84. The first-order valence-electron chi connectivity index (χ1n) is 13.6. The minimum atomic E-state index is 0.214. The van der Waals surface area contributed by atoms with Crippen molar-refractivity contribution < 1.29 is 4.79 Å². The first-order valence-corrected chi connectivity index (χ1v) is 14.4. The summed E-state index contributed by atoms with van der Waals surface area (Å²) in [5.41, 5.74) is 4.87. The molecule has 9 nitrogen and oxygen atoms in total. The van der Waals surface area contributed by atoms with Crippen LogP contribution in [0.4, 0.5) is 10.8 Å². The van der Waals surface area contributed by atoms with Gasteiger partial charge in [-0.3, -0.25) is 4.98 Å². The van der Waals surface area contributed by atoms with Crippen molar-refractivity contribution in [2.45, 2.75) is 52.5 Å². The first kappa shape index (κ1) is 25.4. The van der Waals surface area contributed by atoms with E-state index >= 15 is 0 Å². The molecule has 1 N–H and O–H groups in total. The Morgan fingerprint density at radius 1 is 1.18 bits per heavy atom. The van der Waals surface area contributed by atoms with E-state index in [9.17, 15) is 10.1 Å². The Morgan fingerprint density at radius 3 is 2.69 bits per heavy atom. The van der Waals surface area contributed by atoms with Crippen molar-refractivity contribution >= 4 is 33.5 Å². The molecule has 2 aliphatic rings. The Morgan fingerprint density at radius 2 is 1.97 bits per heavy atom. The number of nitrogens with one attached hydrogen (secondary N) is 1. The second-order valence-corrected chi connectivity index (χ2v) is 12.1. The topological polar surface area (TPSA) is 112 Å². The molecule has 4 aromatic heterocycles. The monoisotopic (exact) mass is 540 g/mol. The average molecular weight is 541 g/mol. The number of rotatable bonds is 7. The van der Waals surface area contributed by atoms with E-state index in [1.807, 2.05) is 30.5 Å². The van der Waals surface area contributed by atoms with Crippen LogP contribution in [0.2, 0.25) is 0 Å². The van der Waals surface area contributed by atoms with Gasteiger partial charge in [-0.2, -0.15) is 10.4 Å². The van der Waals surface area contributed by atoms with Gasteiger partial charge in [0.25, 0.3) is 0 Å². The third-order valence-corrected chi connectivity index (χ3v) is 8.97. The van der Waals surface area contributed by atoms with Gasteiger partial charge in [-0.05, 0) is 75.6 Å². The number of hydrogen-bond donors (Lipinski definition) is 1. The maximum atomic E-state index is 11.9. The lowest BCUT2D eigenvalue weighted by Crippen LogP contribution is -2.49. The van der Waals surface area contributed by atoms with Crippen LogP contribution in [0.5, 0.6) is 0 Å². The fraction of sp³-hybridized carbons (Fsp3) is 0.448. The number of anilines is 2. The smallest absolute Gasteiger partial charge is 0.208 e. The number of aromatic nitrogens is 5. The summed E-state index contributed by atoms with van der Waals surface area (Å²) in [6.07, 6.45) is 7.77. The van der Waals surface area contributed by atoms with Gasteiger partial charge in [0.15, 0.2) is 5.01 Å². The molecule has 6 rings (SSSR count). The van der Waals surface area contributed by atoms with E-state index in [0.717, 1.165) is 51.4 Å². The highest BCUT2D eigenvalue weighted by molar-refractivity contribution is 7.18. The maximum Gasteiger partial charge on any atom is 0.208 e. The minimum Gasteiger partial charge on any atom is -0.382 e. The lowest BCUT2D eigenvalue weighted by atomic mass is 9.67. The van der Waals surface area contributed by atoms with Crippen LogP contribution in [0.1, 0.15) is 52.0 Å². The summed E-state index contributed by atoms with van der Waals surface area (Å²) < 4.78 is 1.80. The number of piperidine rings is 1. The fourth-order valence-electron chi connectivity index (χ4n) is 6.27. The number of hydrogen-bond acceptors (Lipinski definition) is 9. The molecule has 4 aromatic rings. The predicted molar refractivity (Wildman–Crippen MR) is 153 cm³/mol. The molecular weight excluding hydrogens is 508 g/mol. The lowest BCUT2D eigenvalue weighted by molar-refractivity contribution is -0.119. The molecule has 200 valence electrons. The van der Waals surface area contributed by atoms with Crippen LogP contribution >= 0.6 is 11.3 Å². The average Bonchev–Trinajstić information content (AvgIpc) is 3.55. The standard InChI is InChI=1S/C29H32N8OS/c1-17(2)33-25-11-26(27-8-7-22-10-19(12-30)13-32-37(22)27)31-14-24(25)28-34-35-29(39-28)36-15-20-5-4-6-21(16-36)23(20)9-18(3)38/h7-8,10-11,13-14,17,20-21,23H,4-6,9,15-16H2,1-3H3,(H,31,33). The van der Waals surface area contributed by atoms with Crippen LogP contribution in [0, 0.1) is 29.1 Å². The molecular formula is C29H32N8OS. The number of carbonyl (C=O) groups is 1. The van der Waals surface area contributed by atoms with E-state index in [1.54, 1.807) is 29.0 Å². The molecule has 5 heterocycles. The minimum absolute atomic E-state index is 0.214. The molecule has 1 aliphatic carbocycles. The van der Waals surface area contributed by atoms with E-state index in [-0.39, 0.29) is 6.04 Å². The fourth-order valence-corrected chi connectivity index (χ4v) is 7.16. The van der Waals surface area contributed by atoms with Crippen LogP contribution < -0.4 is 10.2 Å². The van der Waals surface area contributed by atoms with Gasteiger partial charge in [0.05, 0.1) is 34.2 Å². The van der Waals surface area contributed by atoms with Crippen molar-refractivity contribution in [3.05, 3.63) is 42.2 Å². The van der Waals surface area contributed by atoms with E-state index in [0.29, 0.717) is 35.5 Å². The Labute approximate surface area is 231 Å². The summed E-state index contributed by atoms with van der Waals surface area (Å²) in [7, 11) is 0. The van der Waals surface area contributed by atoms with Gasteiger partial charge in [0.1, 0.15) is 11.9 Å². The molecule has 0 spiro atoms. The molecule has 0 aromatic carbocycles. The van der Waals surface area contributed by atoms with E-state index in [1.165, 1.54) is 19.3 Å². The number of carbonyl (C=O) groups excluding carboxylic acids is 1. The van der Waals surface area contributed by atoms with Crippen molar-refractivity contribution in [3.8, 4) is 28.0 Å². The van der Waals surface area contributed by atoms with Gasteiger partial charge in [-0.25, -0.2) is 4.52 Å². The zero-order valence-electron chi connectivity index (χ0n) is 22.5. The zero-order chi connectivity index (χ0) is 27.1. The largest absolute Gasteiger partial charge is 0.382 e. The molecule has 39 heavy (non-hydrogen) atoms. The number of Topliss-reactive ketones (excluding diaryl/α,β-unsaturated/α-hetero) is 1. The summed E-state index contributed by atoms with van der Waals surface area (Å²) in [4.78, 5) is 19.1. The van der Waals surface area contributed by atoms with E-state index in [2.05, 4.69) is 45.4 Å². The molecule has 2 fully saturated rings. The van der Waals surface area contributed by atoms with Crippen molar-refractivity contribution in [3.63, 3.8) is 0 Å². The van der Waals surface area contributed by atoms with Crippen molar-refractivity contribution in [1.29, 1.82) is 5.26 Å². The number of pyridine rings is 1. The van der Waals surface area contributed by atoms with Gasteiger partial charge >= 0.3 is 0 Å². The van der Waals surface area contributed by atoms with E-state index in [4.69, 9.17) is 4.98 Å². The zero-order valence-corrected chi connectivity index (χ0v) is 23.3. The highest BCUT2D eigenvalue weighted by Gasteiger charge is 2.40. The van der Waals surface area contributed by atoms with Crippen LogP contribution in [-0.4, -0.2) is 49.7 Å². The molecule has 0 radical (unpaired) electrons.